The van der Waals surface area contributed by atoms with Crippen molar-refractivity contribution in [3.8, 4) is 5.75 Å². The van der Waals surface area contributed by atoms with Crippen LogP contribution in [0.4, 0.5) is 10.5 Å². The molecule has 2 amide bonds. The molecule has 222 valence electrons. The summed E-state index contributed by atoms with van der Waals surface area (Å²) in [7, 11) is 0. The van der Waals surface area contributed by atoms with E-state index in [-0.39, 0.29) is 12.4 Å². The first-order chi connectivity index (χ1) is 19.3. The fraction of sp³-hybridized carbons (Fsp3) is 0.533. The van der Waals surface area contributed by atoms with Crippen LogP contribution in [-0.4, -0.2) is 64.8 Å². The molecule has 2 rings (SSSR count). The second kappa shape index (κ2) is 19.0. The minimum absolute atomic E-state index is 0.0287. The van der Waals surface area contributed by atoms with Gasteiger partial charge in [-0.25, -0.2) is 9.59 Å². The zero-order valence-electron chi connectivity index (χ0n) is 23.4. The molecule has 2 aromatic carbocycles. The van der Waals surface area contributed by atoms with Gasteiger partial charge in [0.1, 0.15) is 11.8 Å². The summed E-state index contributed by atoms with van der Waals surface area (Å²) in [6, 6.07) is 10.9. The average molecular weight is 560 g/mol. The predicted octanol–water partition coefficient (Wildman–Crippen LogP) is 4.09. The normalized spacial score (nSPS) is 12.6. The maximum Gasteiger partial charge on any atom is 0.326 e. The maximum atomic E-state index is 12.0. The van der Waals surface area contributed by atoms with Gasteiger partial charge >= 0.3 is 12.0 Å². The molecule has 0 saturated carbocycles. The van der Waals surface area contributed by atoms with Crippen molar-refractivity contribution in [1.82, 2.24) is 10.6 Å². The molecule has 0 bridgehead atoms. The van der Waals surface area contributed by atoms with E-state index in [0.717, 1.165) is 63.7 Å². The molecule has 0 heterocycles. The molecule has 7 N–H and O–H groups in total. The molecule has 0 fully saturated rings. The Morgan fingerprint density at radius 2 is 1.73 bits per heavy atom. The van der Waals surface area contributed by atoms with Crippen molar-refractivity contribution in [3.63, 3.8) is 0 Å². The number of aliphatic hydroxyl groups excluding tert-OH is 2. The Bertz CT molecular complexity index is 1030. The van der Waals surface area contributed by atoms with Crippen LogP contribution < -0.4 is 16.0 Å². The van der Waals surface area contributed by atoms with Gasteiger partial charge in [0.15, 0.2) is 0 Å². The van der Waals surface area contributed by atoms with E-state index in [0.29, 0.717) is 36.4 Å². The van der Waals surface area contributed by atoms with E-state index in [9.17, 15) is 24.9 Å². The van der Waals surface area contributed by atoms with E-state index in [1.165, 1.54) is 6.07 Å². The second-order valence-corrected chi connectivity index (χ2v) is 9.85. The molecular weight excluding hydrogens is 514 g/mol. The van der Waals surface area contributed by atoms with E-state index in [2.05, 4.69) is 16.0 Å². The van der Waals surface area contributed by atoms with Crippen molar-refractivity contribution in [2.45, 2.75) is 77.0 Å². The van der Waals surface area contributed by atoms with Crippen LogP contribution in [0.5, 0.6) is 5.75 Å². The number of carboxylic acids is 1. The second-order valence-electron chi connectivity index (χ2n) is 9.85. The summed E-state index contributed by atoms with van der Waals surface area (Å²) in [5.74, 6) is -1.03. The van der Waals surface area contributed by atoms with Crippen molar-refractivity contribution in [2.75, 3.05) is 31.6 Å². The molecule has 0 aliphatic rings. The van der Waals surface area contributed by atoms with E-state index in [1.807, 2.05) is 18.2 Å². The lowest BCUT2D eigenvalue weighted by molar-refractivity contribution is -0.139. The maximum absolute atomic E-state index is 12.0. The molecule has 0 radical (unpaired) electrons. The third kappa shape index (κ3) is 12.8. The number of anilines is 1. The van der Waals surface area contributed by atoms with Crippen molar-refractivity contribution in [2.24, 2.45) is 0 Å². The number of aryl methyl sites for hydroxylation is 1. The topological polar surface area (TPSA) is 160 Å². The first kappa shape index (κ1) is 33.0. The van der Waals surface area contributed by atoms with E-state index in [4.69, 9.17) is 9.84 Å². The lowest BCUT2D eigenvalue weighted by atomic mass is 10.1. The van der Waals surface area contributed by atoms with Gasteiger partial charge in [-0.15, -0.1) is 0 Å². The number of hydrogen-bond acceptors (Lipinski definition) is 7. The number of amides is 2. The highest BCUT2D eigenvalue weighted by Crippen LogP contribution is 2.22. The number of nitrogens with one attached hydrogen (secondary N) is 3. The third-order valence-corrected chi connectivity index (χ3v) is 6.59. The quantitative estimate of drug-likeness (QED) is 0.119. The number of unbranched alkanes of at least 4 members (excludes halogenated alkanes) is 4. The molecule has 10 heteroatoms. The van der Waals surface area contributed by atoms with Crippen LogP contribution in [0.25, 0.3) is 0 Å². The van der Waals surface area contributed by atoms with Crippen molar-refractivity contribution in [1.29, 1.82) is 0 Å². The molecule has 0 spiro atoms. The fourth-order valence-electron chi connectivity index (χ4n) is 4.21. The zero-order chi connectivity index (χ0) is 29.2. The average Bonchev–Trinajstić information content (AvgIpc) is 2.94. The lowest BCUT2D eigenvalue weighted by Gasteiger charge is -2.14. The van der Waals surface area contributed by atoms with Gasteiger partial charge in [-0.2, -0.15) is 0 Å². The minimum atomic E-state index is -1.05. The number of aliphatic carboxylic acids is 1. The first-order valence-electron chi connectivity index (χ1n) is 14.1. The molecule has 10 nitrogen and oxygen atoms in total. The fourth-order valence-corrected chi connectivity index (χ4v) is 4.21. The Labute approximate surface area is 236 Å². The molecule has 0 saturated heterocycles. The van der Waals surface area contributed by atoms with Gasteiger partial charge in [-0.3, -0.25) is 0 Å². The van der Waals surface area contributed by atoms with E-state index >= 15 is 0 Å². The largest absolute Gasteiger partial charge is 0.508 e. The lowest BCUT2D eigenvalue weighted by Crippen LogP contribution is -2.42. The smallest absolute Gasteiger partial charge is 0.326 e. The number of ether oxygens (including phenoxy) is 1. The van der Waals surface area contributed by atoms with Crippen LogP contribution in [0.2, 0.25) is 0 Å². The molecule has 0 aromatic heterocycles. The summed E-state index contributed by atoms with van der Waals surface area (Å²) in [4.78, 5) is 23.1. The number of aliphatic hydroxyl groups is 2. The van der Waals surface area contributed by atoms with Crippen molar-refractivity contribution in [3.05, 3.63) is 59.2 Å². The highest BCUT2D eigenvalue weighted by molar-refractivity contribution is 5.92. The number of carbonyl (C=O) groups excluding carboxylic acids is 1. The van der Waals surface area contributed by atoms with Crippen LogP contribution in [-0.2, 0) is 22.6 Å². The first-order valence-corrected chi connectivity index (χ1v) is 14.1. The Hall–Kier alpha value is -3.18. The number of aromatic hydroxyl groups is 1. The summed E-state index contributed by atoms with van der Waals surface area (Å²) in [5, 5.41) is 46.6. The number of urea groups is 1. The van der Waals surface area contributed by atoms with Gasteiger partial charge in [0.2, 0.25) is 0 Å². The summed E-state index contributed by atoms with van der Waals surface area (Å²) in [6.07, 6.45) is 6.59. The highest BCUT2D eigenvalue weighted by Gasteiger charge is 2.17. The SMILES string of the molecule is CCC(NC(=O)Nc1cccc(CCCCOCCCCCCNC[C@H](O)c2ccc(O)c(CO)c2)c1)C(=O)O. The van der Waals surface area contributed by atoms with Crippen LogP contribution in [0.3, 0.4) is 0 Å². The molecule has 40 heavy (non-hydrogen) atoms. The predicted molar refractivity (Wildman–Crippen MR) is 154 cm³/mol. The van der Waals surface area contributed by atoms with Gasteiger partial charge in [0.25, 0.3) is 0 Å². The standard InChI is InChI=1S/C30H45N3O7/c1-2-26(29(37)38)33-30(39)32-25-12-9-11-22(18-25)10-5-8-17-40-16-7-4-3-6-15-31-20-28(36)23-13-14-27(35)24(19-23)21-34/h9,11-14,18-19,26,28,31,34-36H,2-8,10,15-17,20-21H2,1H3,(H,37,38)(H2,32,33,39)/t26?,28-/m0/s1. The van der Waals surface area contributed by atoms with Gasteiger partial charge in [0, 0.05) is 31.0 Å². The van der Waals surface area contributed by atoms with Gasteiger partial charge in [-0.1, -0.05) is 38.0 Å². The molecule has 2 aromatic rings. The summed E-state index contributed by atoms with van der Waals surface area (Å²) in [5.41, 5.74) is 2.81. The number of hydrogen-bond donors (Lipinski definition) is 7. The van der Waals surface area contributed by atoms with E-state index < -0.39 is 24.1 Å². The van der Waals surface area contributed by atoms with Gasteiger partial charge in [-0.05, 0) is 80.5 Å². The van der Waals surface area contributed by atoms with Crippen LogP contribution in [0.1, 0.15) is 74.7 Å². The Kier molecular flexibility index (Phi) is 15.7. The molecule has 0 aliphatic heterocycles. The van der Waals surface area contributed by atoms with Crippen LogP contribution in [0, 0.1) is 0 Å². The molecule has 1 unspecified atom stereocenters. The number of benzene rings is 2. The molecule has 0 aliphatic carbocycles. The number of rotatable bonds is 20. The highest BCUT2D eigenvalue weighted by atomic mass is 16.5. The summed E-state index contributed by atoms with van der Waals surface area (Å²) >= 11 is 0. The monoisotopic (exact) mass is 559 g/mol. The third-order valence-electron chi connectivity index (χ3n) is 6.59. The van der Waals surface area contributed by atoms with E-state index in [1.54, 1.807) is 25.1 Å². The molecule has 2 atom stereocenters. The van der Waals surface area contributed by atoms with Crippen LogP contribution in [0.15, 0.2) is 42.5 Å². The Morgan fingerprint density at radius 1 is 0.975 bits per heavy atom. The number of carboxylic acid groups (broad SMARTS) is 1. The number of carbonyl (C=O) groups is 2. The van der Waals surface area contributed by atoms with Crippen molar-refractivity contribution < 1.29 is 34.8 Å². The van der Waals surface area contributed by atoms with Gasteiger partial charge < -0.3 is 41.1 Å². The Morgan fingerprint density at radius 3 is 2.45 bits per heavy atom. The summed E-state index contributed by atoms with van der Waals surface area (Å²) in [6.45, 7) is 4.12. The molecular formula is C30H45N3O7. The summed E-state index contributed by atoms with van der Waals surface area (Å²) < 4.78 is 5.75. The van der Waals surface area contributed by atoms with Crippen LogP contribution >= 0.6 is 0 Å². The minimum Gasteiger partial charge on any atom is -0.508 e. The Balaban J connectivity index is 1.46. The number of phenols is 1. The van der Waals surface area contributed by atoms with Gasteiger partial charge in [0.05, 0.1) is 12.7 Å². The van der Waals surface area contributed by atoms with Crippen molar-refractivity contribution >= 4 is 17.7 Å². The zero-order valence-corrected chi connectivity index (χ0v) is 23.4.